The first-order valence-corrected chi connectivity index (χ1v) is 10.7. The molecular weight excluding hydrogens is 404 g/mol. The second-order valence-electron chi connectivity index (χ2n) is 5.94. The van der Waals surface area contributed by atoms with Crippen molar-refractivity contribution in [1.29, 1.82) is 0 Å². The van der Waals surface area contributed by atoms with Crippen LogP contribution in [-0.4, -0.2) is 50.3 Å². The van der Waals surface area contributed by atoms with Crippen molar-refractivity contribution in [3.8, 4) is 0 Å². The van der Waals surface area contributed by atoms with Gasteiger partial charge in [-0.1, -0.05) is 30.3 Å². The average molecular weight is 427 g/mol. The molecule has 11 heteroatoms. The van der Waals surface area contributed by atoms with Gasteiger partial charge in [0, 0.05) is 26.0 Å². The smallest absolute Gasteiger partial charge is 0.407 e. The first kappa shape index (κ1) is 21.8. The summed E-state index contributed by atoms with van der Waals surface area (Å²) in [5.41, 5.74) is 1.14. The molecule has 152 valence electrons. The Hall–Kier alpha value is -2.50. The number of aryl methyl sites for hydroxylation is 1. The van der Waals surface area contributed by atoms with Gasteiger partial charge in [-0.25, -0.2) is 14.5 Å². The van der Waals surface area contributed by atoms with Crippen molar-refractivity contribution in [3.05, 3.63) is 52.0 Å². The number of nitrogens with one attached hydrogen (secondary N) is 2. The number of amides is 2. The number of ether oxygens (including phenoxy) is 1. The molecule has 9 nitrogen and oxygen atoms in total. The highest BCUT2D eigenvalue weighted by Crippen LogP contribution is 2.11. The molecule has 1 aromatic carbocycles. The zero-order valence-corrected chi connectivity index (χ0v) is 17.2. The van der Waals surface area contributed by atoms with E-state index >= 15 is 0 Å². The topological polar surface area (TPSA) is 118 Å². The van der Waals surface area contributed by atoms with E-state index in [-0.39, 0.29) is 12.3 Å². The maximum Gasteiger partial charge on any atom is 0.407 e. The van der Waals surface area contributed by atoms with E-state index in [4.69, 9.17) is 4.74 Å². The lowest BCUT2D eigenvalue weighted by atomic mass is 10.1. The Morgan fingerprint density at radius 3 is 2.61 bits per heavy atom. The Kier molecular flexibility index (Phi) is 7.91. The van der Waals surface area contributed by atoms with E-state index in [0.29, 0.717) is 11.6 Å². The molecular formula is C17H22N4O5S2. The lowest BCUT2D eigenvalue weighted by Crippen LogP contribution is -2.39. The summed E-state index contributed by atoms with van der Waals surface area (Å²) in [7, 11) is -1.29. The molecule has 2 amide bonds. The van der Waals surface area contributed by atoms with E-state index in [2.05, 4.69) is 10.3 Å². The highest BCUT2D eigenvalue weighted by Gasteiger charge is 2.20. The van der Waals surface area contributed by atoms with Gasteiger partial charge in [-0.3, -0.25) is 4.79 Å². The number of thiazole rings is 1. The largest absolute Gasteiger partial charge is 0.442 e. The summed E-state index contributed by atoms with van der Waals surface area (Å²) in [6.07, 6.45) is 1.05. The van der Waals surface area contributed by atoms with E-state index in [1.54, 1.807) is 0 Å². The molecule has 0 saturated heterocycles. The lowest BCUT2D eigenvalue weighted by Gasteiger charge is -2.10. The summed E-state index contributed by atoms with van der Waals surface area (Å²) in [4.78, 5) is 27.6. The fraction of sp³-hybridized carbons (Fsp3) is 0.353. The zero-order valence-electron chi connectivity index (χ0n) is 15.5. The summed E-state index contributed by atoms with van der Waals surface area (Å²) in [5.74, 6) is -0.846. The van der Waals surface area contributed by atoms with Crippen LogP contribution in [-0.2, 0) is 28.0 Å². The minimum Gasteiger partial charge on any atom is -0.442 e. The number of rotatable bonds is 9. The Bertz CT molecular complexity index is 897. The molecule has 0 atom stereocenters. The van der Waals surface area contributed by atoms with Gasteiger partial charge in [0.25, 0.3) is 5.91 Å². The fourth-order valence-corrected chi connectivity index (χ4v) is 3.26. The molecule has 0 spiro atoms. The number of nitrogens with zero attached hydrogens (tertiary/aromatic N) is 2. The molecule has 1 aromatic heterocycles. The van der Waals surface area contributed by atoms with Gasteiger partial charge in [0.2, 0.25) is 0 Å². The SMILES string of the molecule is CN(C)S(=O)(=O)NC(=O)c1csc(COC(=O)NCCCc2ccccc2)n1. The number of benzene rings is 1. The van der Waals surface area contributed by atoms with Crippen LogP contribution in [0.25, 0.3) is 0 Å². The van der Waals surface area contributed by atoms with Gasteiger partial charge in [-0.05, 0) is 18.4 Å². The monoisotopic (exact) mass is 426 g/mol. The number of aromatic nitrogens is 1. The Morgan fingerprint density at radius 2 is 1.93 bits per heavy atom. The summed E-state index contributed by atoms with van der Waals surface area (Å²) in [6, 6.07) is 9.94. The first-order chi connectivity index (χ1) is 13.3. The number of hydrogen-bond acceptors (Lipinski definition) is 7. The summed E-state index contributed by atoms with van der Waals surface area (Å²) < 4.78 is 31.1. The van der Waals surface area contributed by atoms with Crippen molar-refractivity contribution in [3.63, 3.8) is 0 Å². The van der Waals surface area contributed by atoms with Crippen LogP contribution in [0, 0.1) is 0 Å². The van der Waals surface area contributed by atoms with Crippen LogP contribution in [0.1, 0.15) is 27.5 Å². The maximum atomic E-state index is 11.9. The van der Waals surface area contributed by atoms with Crippen LogP contribution in [0.3, 0.4) is 0 Å². The van der Waals surface area contributed by atoms with Gasteiger partial charge < -0.3 is 10.1 Å². The van der Waals surface area contributed by atoms with Crippen LogP contribution < -0.4 is 10.0 Å². The standard InChI is InChI=1S/C17H22N4O5S2/c1-21(2)28(24,25)20-16(22)14-12-27-15(19-14)11-26-17(23)18-10-6-9-13-7-4-3-5-8-13/h3-5,7-8,12H,6,9-11H2,1-2H3,(H,18,23)(H,20,22). The van der Waals surface area contributed by atoms with Gasteiger partial charge in [0.05, 0.1) is 0 Å². The van der Waals surface area contributed by atoms with E-state index in [1.165, 1.54) is 25.0 Å². The predicted molar refractivity (Wildman–Crippen MR) is 105 cm³/mol. The summed E-state index contributed by atoms with van der Waals surface area (Å²) in [6.45, 7) is 0.366. The molecule has 1 heterocycles. The van der Waals surface area contributed by atoms with Crippen LogP contribution in [0.4, 0.5) is 4.79 Å². The molecule has 0 radical (unpaired) electrons. The third-order valence-corrected chi connectivity index (χ3v) is 5.80. The van der Waals surface area contributed by atoms with Gasteiger partial charge in [-0.2, -0.15) is 12.7 Å². The third kappa shape index (κ3) is 6.91. The quantitative estimate of drug-likeness (QED) is 0.587. The maximum absolute atomic E-state index is 11.9. The van der Waals surface area contributed by atoms with Crippen molar-refractivity contribution >= 4 is 33.5 Å². The molecule has 0 bridgehead atoms. The average Bonchev–Trinajstić information content (AvgIpc) is 3.13. The van der Waals surface area contributed by atoms with Gasteiger partial charge in [0.1, 0.15) is 17.3 Å². The second-order valence-corrected chi connectivity index (χ2v) is 8.76. The lowest BCUT2D eigenvalue weighted by molar-refractivity contribution is 0.0975. The fourth-order valence-electron chi connectivity index (χ4n) is 2.05. The van der Waals surface area contributed by atoms with E-state index in [0.717, 1.165) is 28.5 Å². The highest BCUT2D eigenvalue weighted by atomic mass is 32.2. The van der Waals surface area contributed by atoms with Gasteiger partial charge in [0.15, 0.2) is 0 Å². The first-order valence-electron chi connectivity index (χ1n) is 8.41. The van der Waals surface area contributed by atoms with Gasteiger partial charge >= 0.3 is 16.3 Å². The van der Waals surface area contributed by atoms with Crippen molar-refractivity contribution in [1.82, 2.24) is 19.3 Å². The minimum absolute atomic E-state index is 0.0581. The van der Waals surface area contributed by atoms with Crippen LogP contribution in [0.15, 0.2) is 35.7 Å². The number of hydrogen-bond donors (Lipinski definition) is 2. The molecule has 0 unspecified atom stereocenters. The molecule has 2 aromatic rings. The Morgan fingerprint density at radius 1 is 1.21 bits per heavy atom. The molecule has 0 aliphatic carbocycles. The number of alkyl carbamates (subject to hydrolysis) is 1. The Labute approximate surface area is 167 Å². The normalized spacial score (nSPS) is 11.2. The number of carbonyl (C=O) groups excluding carboxylic acids is 2. The molecule has 0 aliphatic rings. The van der Waals surface area contributed by atoms with Crippen molar-refractivity contribution < 1.29 is 22.7 Å². The van der Waals surface area contributed by atoms with Crippen molar-refractivity contribution in [2.45, 2.75) is 19.4 Å². The molecule has 0 fully saturated rings. The van der Waals surface area contributed by atoms with Crippen LogP contribution in [0.5, 0.6) is 0 Å². The third-order valence-electron chi connectivity index (χ3n) is 3.57. The Balaban J connectivity index is 1.71. The highest BCUT2D eigenvalue weighted by molar-refractivity contribution is 7.87. The van der Waals surface area contributed by atoms with E-state index in [9.17, 15) is 18.0 Å². The second kappa shape index (κ2) is 10.2. The number of carbonyl (C=O) groups is 2. The molecule has 0 saturated carbocycles. The minimum atomic E-state index is -3.89. The summed E-state index contributed by atoms with van der Waals surface area (Å²) >= 11 is 1.09. The van der Waals surface area contributed by atoms with Crippen LogP contribution >= 0.6 is 11.3 Å². The van der Waals surface area contributed by atoms with E-state index in [1.807, 2.05) is 35.1 Å². The van der Waals surface area contributed by atoms with Crippen LogP contribution in [0.2, 0.25) is 0 Å². The van der Waals surface area contributed by atoms with E-state index < -0.39 is 22.2 Å². The molecule has 2 rings (SSSR count). The predicted octanol–water partition coefficient (Wildman–Crippen LogP) is 1.54. The van der Waals surface area contributed by atoms with Gasteiger partial charge in [-0.15, -0.1) is 11.3 Å². The van der Waals surface area contributed by atoms with Crippen molar-refractivity contribution in [2.75, 3.05) is 20.6 Å². The van der Waals surface area contributed by atoms with Crippen molar-refractivity contribution in [2.24, 2.45) is 0 Å². The molecule has 0 aliphatic heterocycles. The summed E-state index contributed by atoms with van der Waals surface area (Å²) in [5, 5.41) is 4.43. The molecule has 28 heavy (non-hydrogen) atoms. The zero-order chi connectivity index (χ0) is 20.6. The molecule has 2 N–H and O–H groups in total.